The molecule has 3 nitrogen and oxygen atoms in total. The Hall–Kier alpha value is -1.51. The molecule has 1 amide bonds. The fourth-order valence-electron chi connectivity index (χ4n) is 2.99. The summed E-state index contributed by atoms with van der Waals surface area (Å²) in [6.07, 6.45) is 1.06. The van der Waals surface area contributed by atoms with Crippen LogP contribution in [0, 0.1) is 25.2 Å². The maximum absolute atomic E-state index is 12.3. The van der Waals surface area contributed by atoms with E-state index in [4.69, 9.17) is 0 Å². The van der Waals surface area contributed by atoms with E-state index < -0.39 is 0 Å². The Morgan fingerprint density at radius 2 is 1.86 bits per heavy atom. The van der Waals surface area contributed by atoms with E-state index in [0.717, 1.165) is 19.5 Å². The van der Waals surface area contributed by atoms with Gasteiger partial charge < -0.3 is 10.2 Å². The molecule has 1 heterocycles. The van der Waals surface area contributed by atoms with Crippen molar-refractivity contribution in [3.63, 3.8) is 0 Å². The molecule has 22 heavy (non-hydrogen) atoms. The number of piperidine rings is 1. The number of carbonyl (C=O) groups excluding carboxylic acids is 1. The van der Waals surface area contributed by atoms with Crippen molar-refractivity contribution in [2.45, 2.75) is 54.0 Å². The Morgan fingerprint density at radius 3 is 2.45 bits per heavy atom. The molecule has 1 N–H and O–H groups in total. The number of carbonyl (C=O) groups is 1. The van der Waals surface area contributed by atoms with Crippen LogP contribution in [0.5, 0.6) is 0 Å². The lowest BCUT2D eigenvalue weighted by Crippen LogP contribution is -2.52. The molecule has 0 saturated carbocycles. The minimum Gasteiger partial charge on any atom is -0.369 e. The normalized spacial score (nSPS) is 22.5. The topological polar surface area (TPSA) is 32.3 Å². The van der Waals surface area contributed by atoms with E-state index in [9.17, 15) is 4.79 Å². The largest absolute Gasteiger partial charge is 0.369 e. The molecule has 2 unspecified atom stereocenters. The highest BCUT2D eigenvalue weighted by Gasteiger charge is 2.29. The van der Waals surface area contributed by atoms with Crippen molar-refractivity contribution in [1.82, 2.24) is 5.32 Å². The molecule has 1 fully saturated rings. The van der Waals surface area contributed by atoms with Crippen LogP contribution in [-0.2, 0) is 4.79 Å². The van der Waals surface area contributed by atoms with E-state index in [1.165, 1.54) is 16.8 Å². The Labute approximate surface area is 135 Å². The fraction of sp³-hybridized carbons (Fsp3) is 0.632. The van der Waals surface area contributed by atoms with E-state index in [2.05, 4.69) is 49.2 Å². The molecule has 2 rings (SSSR count). The van der Waals surface area contributed by atoms with Crippen molar-refractivity contribution in [1.29, 1.82) is 0 Å². The monoisotopic (exact) mass is 302 g/mol. The van der Waals surface area contributed by atoms with Gasteiger partial charge in [-0.1, -0.05) is 33.8 Å². The molecule has 0 aliphatic carbocycles. The average Bonchev–Trinajstić information content (AvgIpc) is 2.40. The summed E-state index contributed by atoms with van der Waals surface area (Å²) in [5.41, 5.74) is 3.59. The van der Waals surface area contributed by atoms with Crippen molar-refractivity contribution in [3.05, 3.63) is 29.3 Å². The first-order chi connectivity index (χ1) is 10.2. The number of anilines is 1. The molecular formula is C19H30N2O. The molecule has 3 heteroatoms. The zero-order chi connectivity index (χ0) is 16.5. The lowest BCUT2D eigenvalue weighted by molar-refractivity contribution is -0.129. The summed E-state index contributed by atoms with van der Waals surface area (Å²) in [6, 6.07) is 6.88. The second-order valence-electron chi connectivity index (χ2n) is 7.93. The van der Waals surface area contributed by atoms with Gasteiger partial charge in [0.25, 0.3) is 0 Å². The summed E-state index contributed by atoms with van der Waals surface area (Å²) in [5.74, 6) is 0.729. The summed E-state index contributed by atoms with van der Waals surface area (Å²) in [7, 11) is 0. The molecule has 0 aromatic heterocycles. The van der Waals surface area contributed by atoms with Crippen LogP contribution in [0.3, 0.4) is 0 Å². The van der Waals surface area contributed by atoms with Crippen molar-refractivity contribution in [2.24, 2.45) is 11.3 Å². The predicted molar refractivity (Wildman–Crippen MR) is 93.3 cm³/mol. The second kappa shape index (κ2) is 6.31. The number of benzene rings is 1. The summed E-state index contributed by atoms with van der Waals surface area (Å²) in [4.78, 5) is 14.7. The first kappa shape index (κ1) is 16.9. The predicted octanol–water partition coefficient (Wildman–Crippen LogP) is 3.68. The van der Waals surface area contributed by atoms with Crippen LogP contribution in [-0.4, -0.2) is 25.0 Å². The van der Waals surface area contributed by atoms with Crippen molar-refractivity contribution >= 4 is 11.6 Å². The molecule has 1 aromatic rings. The highest BCUT2D eigenvalue weighted by molar-refractivity contribution is 5.81. The van der Waals surface area contributed by atoms with Crippen molar-refractivity contribution < 1.29 is 4.79 Å². The first-order valence-corrected chi connectivity index (χ1v) is 8.30. The Balaban J connectivity index is 2.10. The molecule has 122 valence electrons. The number of hydrogen-bond donors (Lipinski definition) is 1. The van der Waals surface area contributed by atoms with E-state index in [1.54, 1.807) is 0 Å². The highest BCUT2D eigenvalue weighted by atomic mass is 16.2. The van der Waals surface area contributed by atoms with E-state index >= 15 is 0 Å². The molecule has 1 aliphatic rings. The number of nitrogens with one attached hydrogen (secondary N) is 1. The van der Waals surface area contributed by atoms with Gasteiger partial charge >= 0.3 is 0 Å². The number of nitrogens with zero attached hydrogens (tertiary/aromatic N) is 1. The van der Waals surface area contributed by atoms with E-state index in [1.807, 2.05) is 20.8 Å². The molecular weight excluding hydrogens is 272 g/mol. The van der Waals surface area contributed by atoms with Gasteiger partial charge in [-0.2, -0.15) is 0 Å². The standard InChI is InChI=1S/C19H30N2O/c1-13-9-16(20-18(22)19(4,5)6)12-21(11-13)17-8-7-14(2)15(3)10-17/h7-8,10,13,16H,9,11-12H2,1-6H3,(H,20,22). The second-order valence-corrected chi connectivity index (χ2v) is 7.93. The summed E-state index contributed by atoms with van der Waals surface area (Å²) in [5, 5.41) is 3.23. The Kier molecular flexibility index (Phi) is 4.84. The molecule has 0 spiro atoms. The number of hydrogen-bond acceptors (Lipinski definition) is 2. The summed E-state index contributed by atoms with van der Waals surface area (Å²) < 4.78 is 0. The van der Waals surface area contributed by atoms with Gasteiger partial charge in [-0.15, -0.1) is 0 Å². The quantitative estimate of drug-likeness (QED) is 0.904. The van der Waals surface area contributed by atoms with Gasteiger partial charge in [0.15, 0.2) is 0 Å². The maximum Gasteiger partial charge on any atom is 0.225 e. The fourth-order valence-corrected chi connectivity index (χ4v) is 2.99. The lowest BCUT2D eigenvalue weighted by Gasteiger charge is -2.39. The van der Waals surface area contributed by atoms with Gasteiger partial charge in [-0.05, 0) is 49.4 Å². The lowest BCUT2D eigenvalue weighted by atomic mass is 9.91. The van der Waals surface area contributed by atoms with Crippen LogP contribution in [0.25, 0.3) is 0 Å². The Bertz CT molecular complexity index is 545. The van der Waals surface area contributed by atoms with Gasteiger partial charge in [0.2, 0.25) is 5.91 Å². The molecule has 1 aliphatic heterocycles. The minimum atomic E-state index is -0.327. The summed E-state index contributed by atoms with van der Waals surface area (Å²) >= 11 is 0. The number of aryl methyl sites for hydroxylation is 2. The van der Waals surface area contributed by atoms with Crippen LogP contribution >= 0.6 is 0 Å². The van der Waals surface area contributed by atoms with Crippen LogP contribution in [0.15, 0.2) is 18.2 Å². The van der Waals surface area contributed by atoms with Crippen LogP contribution in [0.1, 0.15) is 45.2 Å². The van der Waals surface area contributed by atoms with Gasteiger partial charge in [0.05, 0.1) is 0 Å². The third kappa shape index (κ3) is 4.02. The molecule has 2 atom stereocenters. The molecule has 1 saturated heterocycles. The summed E-state index contributed by atoms with van der Waals surface area (Å²) in [6.45, 7) is 14.4. The molecule has 1 aromatic carbocycles. The van der Waals surface area contributed by atoms with Crippen LogP contribution in [0.2, 0.25) is 0 Å². The van der Waals surface area contributed by atoms with E-state index in [0.29, 0.717) is 5.92 Å². The van der Waals surface area contributed by atoms with Gasteiger partial charge in [-0.25, -0.2) is 0 Å². The number of amides is 1. The zero-order valence-corrected chi connectivity index (χ0v) is 14.9. The van der Waals surface area contributed by atoms with Gasteiger partial charge in [-0.3, -0.25) is 4.79 Å². The minimum absolute atomic E-state index is 0.145. The highest BCUT2D eigenvalue weighted by Crippen LogP contribution is 2.26. The SMILES string of the molecule is Cc1ccc(N2CC(C)CC(NC(=O)C(C)(C)C)C2)cc1C. The zero-order valence-electron chi connectivity index (χ0n) is 14.9. The Morgan fingerprint density at radius 1 is 1.18 bits per heavy atom. The third-order valence-electron chi connectivity index (χ3n) is 4.53. The molecule has 0 bridgehead atoms. The van der Waals surface area contributed by atoms with Gasteiger partial charge in [0, 0.05) is 30.2 Å². The smallest absolute Gasteiger partial charge is 0.225 e. The first-order valence-electron chi connectivity index (χ1n) is 8.30. The van der Waals surface area contributed by atoms with E-state index in [-0.39, 0.29) is 17.4 Å². The number of rotatable bonds is 2. The maximum atomic E-state index is 12.3. The van der Waals surface area contributed by atoms with Crippen molar-refractivity contribution in [3.8, 4) is 0 Å². The third-order valence-corrected chi connectivity index (χ3v) is 4.53. The molecule has 0 radical (unpaired) electrons. The average molecular weight is 302 g/mol. The van der Waals surface area contributed by atoms with Gasteiger partial charge in [0.1, 0.15) is 0 Å². The van der Waals surface area contributed by atoms with Crippen LogP contribution in [0.4, 0.5) is 5.69 Å². The van der Waals surface area contributed by atoms with Crippen molar-refractivity contribution in [2.75, 3.05) is 18.0 Å². The van der Waals surface area contributed by atoms with Crippen LogP contribution < -0.4 is 10.2 Å².